The van der Waals surface area contributed by atoms with Gasteiger partial charge in [-0.05, 0) is 23.8 Å². The lowest BCUT2D eigenvalue weighted by molar-refractivity contribution is 0.0949. The van der Waals surface area contributed by atoms with E-state index in [2.05, 4.69) is 31.0 Å². The van der Waals surface area contributed by atoms with E-state index in [0.29, 0.717) is 17.3 Å². The van der Waals surface area contributed by atoms with E-state index in [1.807, 2.05) is 11.4 Å². The second-order valence-corrected chi connectivity index (χ2v) is 5.71. The minimum Gasteiger partial charge on any atom is -0.351 e. The first-order valence-electron chi connectivity index (χ1n) is 7.27. The summed E-state index contributed by atoms with van der Waals surface area (Å²) < 4.78 is 0. The van der Waals surface area contributed by atoms with Gasteiger partial charge in [0, 0.05) is 12.1 Å². The molecule has 0 bridgehead atoms. The number of carbonyl (C=O) groups is 1. The van der Waals surface area contributed by atoms with E-state index in [9.17, 15) is 4.79 Å². The number of rotatable bonds is 7. The van der Waals surface area contributed by atoms with Crippen molar-refractivity contribution in [1.82, 2.24) is 5.32 Å². The minimum atomic E-state index is -0.0173. The Hall–Kier alpha value is -1.31. The number of amides is 1. The van der Waals surface area contributed by atoms with E-state index in [1.165, 1.54) is 30.6 Å². The average molecular weight is 292 g/mol. The van der Waals surface area contributed by atoms with Gasteiger partial charge in [0.2, 0.25) is 0 Å². The van der Waals surface area contributed by atoms with E-state index >= 15 is 0 Å². The number of hydrogen-bond acceptors (Lipinski definition) is 3. The van der Waals surface area contributed by atoms with Crippen LogP contribution in [0.15, 0.2) is 11.4 Å². The molecule has 1 aromatic heterocycles. The van der Waals surface area contributed by atoms with Crippen LogP contribution >= 0.6 is 11.3 Å². The summed E-state index contributed by atoms with van der Waals surface area (Å²) in [6.07, 6.45) is 4.71. The van der Waals surface area contributed by atoms with Gasteiger partial charge in [-0.2, -0.15) is 0 Å². The van der Waals surface area contributed by atoms with Gasteiger partial charge in [0.1, 0.15) is 4.88 Å². The second kappa shape index (κ2) is 9.57. The summed E-state index contributed by atoms with van der Waals surface area (Å²) in [5.74, 6) is 6.29. The summed E-state index contributed by atoms with van der Waals surface area (Å²) in [5.41, 5.74) is 6.14. The van der Waals surface area contributed by atoms with Gasteiger partial charge in [-0.25, -0.2) is 0 Å². The fraction of sp³-hybridized carbons (Fsp3) is 0.562. The molecule has 0 aliphatic heterocycles. The molecule has 0 aliphatic rings. The van der Waals surface area contributed by atoms with Crippen LogP contribution in [-0.4, -0.2) is 19.0 Å². The van der Waals surface area contributed by atoms with Gasteiger partial charge in [-0.15, -0.1) is 11.3 Å². The van der Waals surface area contributed by atoms with Gasteiger partial charge in [-0.1, -0.05) is 45.0 Å². The number of hydrogen-bond donors (Lipinski definition) is 2. The molecule has 1 unspecified atom stereocenters. The first-order valence-corrected chi connectivity index (χ1v) is 8.15. The summed E-state index contributed by atoms with van der Waals surface area (Å²) in [5, 5.41) is 4.93. The second-order valence-electron chi connectivity index (χ2n) is 4.80. The van der Waals surface area contributed by atoms with Crippen LogP contribution in [-0.2, 0) is 0 Å². The molecule has 0 aliphatic carbocycles. The zero-order valence-electron chi connectivity index (χ0n) is 12.4. The standard InChI is InChI=1S/C16H24N2OS/c1-3-5-7-13(4-2)12-18-16(19)15-14(8-6-10-17)9-11-20-15/h9,11,13H,3-5,7,10,12,17H2,1-2H3,(H,18,19). The Morgan fingerprint density at radius 1 is 1.50 bits per heavy atom. The van der Waals surface area contributed by atoms with Crippen LogP contribution in [0.4, 0.5) is 0 Å². The third-order valence-electron chi connectivity index (χ3n) is 3.29. The number of carbonyl (C=O) groups excluding carboxylic acids is 1. The van der Waals surface area contributed by atoms with Crippen molar-refractivity contribution < 1.29 is 4.79 Å². The van der Waals surface area contributed by atoms with Gasteiger partial charge in [0.15, 0.2) is 0 Å². The molecule has 0 radical (unpaired) electrons. The highest BCUT2D eigenvalue weighted by atomic mass is 32.1. The maximum atomic E-state index is 12.2. The largest absolute Gasteiger partial charge is 0.351 e. The Balaban J connectivity index is 2.56. The molecule has 20 heavy (non-hydrogen) atoms. The summed E-state index contributed by atoms with van der Waals surface area (Å²) >= 11 is 1.43. The van der Waals surface area contributed by atoms with Crippen LogP contribution in [0, 0.1) is 17.8 Å². The molecule has 0 saturated heterocycles. The Labute approximate surface area is 126 Å². The Morgan fingerprint density at radius 3 is 2.95 bits per heavy atom. The van der Waals surface area contributed by atoms with Crippen LogP contribution in [0.25, 0.3) is 0 Å². The molecule has 1 amide bonds. The van der Waals surface area contributed by atoms with Crippen LogP contribution in [0.1, 0.15) is 54.8 Å². The van der Waals surface area contributed by atoms with Crippen LogP contribution in [0.3, 0.4) is 0 Å². The van der Waals surface area contributed by atoms with Crippen molar-refractivity contribution in [2.24, 2.45) is 11.7 Å². The number of nitrogens with two attached hydrogens (primary N) is 1. The molecule has 1 rings (SSSR count). The highest BCUT2D eigenvalue weighted by Gasteiger charge is 2.13. The number of thiophene rings is 1. The average Bonchev–Trinajstić information content (AvgIpc) is 2.93. The van der Waals surface area contributed by atoms with Crippen LogP contribution in [0.2, 0.25) is 0 Å². The van der Waals surface area contributed by atoms with E-state index in [0.717, 1.165) is 18.5 Å². The molecule has 0 aromatic carbocycles. The zero-order valence-corrected chi connectivity index (χ0v) is 13.2. The fourth-order valence-electron chi connectivity index (χ4n) is 1.99. The summed E-state index contributed by atoms with van der Waals surface area (Å²) in [4.78, 5) is 12.9. The molecule has 0 saturated carbocycles. The summed E-state index contributed by atoms with van der Waals surface area (Å²) in [6.45, 7) is 5.43. The highest BCUT2D eigenvalue weighted by Crippen LogP contribution is 2.16. The van der Waals surface area contributed by atoms with Gasteiger partial charge in [0.05, 0.1) is 6.54 Å². The summed E-state index contributed by atoms with van der Waals surface area (Å²) in [6, 6.07) is 1.87. The molecule has 0 fully saturated rings. The quantitative estimate of drug-likeness (QED) is 0.759. The monoisotopic (exact) mass is 292 g/mol. The minimum absolute atomic E-state index is 0.0173. The first kappa shape index (κ1) is 16.7. The van der Waals surface area contributed by atoms with Gasteiger partial charge in [0.25, 0.3) is 5.91 Å². The van der Waals surface area contributed by atoms with Gasteiger partial charge in [-0.3, -0.25) is 4.79 Å². The third-order valence-corrected chi connectivity index (χ3v) is 4.20. The van der Waals surface area contributed by atoms with Crippen molar-refractivity contribution in [3.63, 3.8) is 0 Å². The molecule has 110 valence electrons. The Bertz CT molecular complexity index is 470. The van der Waals surface area contributed by atoms with Crippen molar-refractivity contribution in [2.45, 2.75) is 39.5 Å². The third kappa shape index (κ3) is 5.36. The maximum Gasteiger partial charge on any atom is 0.262 e. The van der Waals surface area contributed by atoms with Crippen molar-refractivity contribution in [1.29, 1.82) is 0 Å². The van der Waals surface area contributed by atoms with Crippen LogP contribution < -0.4 is 11.1 Å². The Morgan fingerprint density at radius 2 is 2.30 bits per heavy atom. The fourth-order valence-corrected chi connectivity index (χ4v) is 2.76. The van der Waals surface area contributed by atoms with Crippen LogP contribution in [0.5, 0.6) is 0 Å². The lowest BCUT2D eigenvalue weighted by atomic mass is 9.99. The van der Waals surface area contributed by atoms with E-state index in [-0.39, 0.29) is 5.91 Å². The van der Waals surface area contributed by atoms with E-state index < -0.39 is 0 Å². The molecule has 0 spiro atoms. The molecular weight excluding hydrogens is 268 g/mol. The zero-order chi connectivity index (χ0) is 14.8. The maximum absolute atomic E-state index is 12.2. The van der Waals surface area contributed by atoms with Crippen molar-refractivity contribution in [3.05, 3.63) is 21.9 Å². The lowest BCUT2D eigenvalue weighted by Gasteiger charge is -2.14. The van der Waals surface area contributed by atoms with Crippen molar-refractivity contribution in [3.8, 4) is 11.8 Å². The molecule has 3 nitrogen and oxygen atoms in total. The predicted molar refractivity (Wildman–Crippen MR) is 85.9 cm³/mol. The SMILES string of the molecule is CCCCC(CC)CNC(=O)c1sccc1C#CCN. The number of unbranched alkanes of at least 4 members (excludes halogenated alkanes) is 1. The number of nitrogens with one attached hydrogen (secondary N) is 1. The molecule has 1 atom stereocenters. The van der Waals surface area contributed by atoms with E-state index in [1.54, 1.807) is 0 Å². The van der Waals surface area contributed by atoms with Crippen molar-refractivity contribution >= 4 is 17.2 Å². The predicted octanol–water partition coefficient (Wildman–Crippen LogP) is 3.00. The first-order chi connectivity index (χ1) is 9.72. The highest BCUT2D eigenvalue weighted by molar-refractivity contribution is 7.12. The van der Waals surface area contributed by atoms with Crippen molar-refractivity contribution in [2.75, 3.05) is 13.1 Å². The van der Waals surface area contributed by atoms with E-state index in [4.69, 9.17) is 5.73 Å². The molecular formula is C16H24N2OS. The van der Waals surface area contributed by atoms with Gasteiger partial charge >= 0.3 is 0 Å². The Kier molecular flexibility index (Phi) is 8.01. The summed E-state index contributed by atoms with van der Waals surface area (Å²) in [7, 11) is 0. The molecule has 3 N–H and O–H groups in total. The lowest BCUT2D eigenvalue weighted by Crippen LogP contribution is -2.29. The topological polar surface area (TPSA) is 55.1 Å². The molecule has 1 aromatic rings. The molecule has 4 heteroatoms. The van der Waals surface area contributed by atoms with Gasteiger partial charge < -0.3 is 11.1 Å². The molecule has 1 heterocycles. The normalized spacial score (nSPS) is 11.6. The smallest absolute Gasteiger partial charge is 0.262 e.